The van der Waals surface area contributed by atoms with Gasteiger partial charge in [0, 0.05) is 57.3 Å². The van der Waals surface area contributed by atoms with Crippen LogP contribution in [0, 0.1) is 11.6 Å². The number of hydrogen-bond acceptors (Lipinski definition) is 8. The van der Waals surface area contributed by atoms with E-state index in [1.54, 1.807) is 19.3 Å². The number of halogens is 3. The minimum absolute atomic E-state index is 0.101. The highest BCUT2D eigenvalue weighted by atomic mass is 35.5. The molecular weight excluding hydrogens is 514 g/mol. The summed E-state index contributed by atoms with van der Waals surface area (Å²) in [6, 6.07) is 10.4. The third kappa shape index (κ3) is 6.15. The van der Waals surface area contributed by atoms with E-state index in [0.717, 1.165) is 68.6 Å². The topological polar surface area (TPSA) is 77.0 Å². The number of piperidine rings is 1. The molecule has 2 fully saturated rings. The number of aliphatic hydroxyl groups excluding tert-OH is 1. The van der Waals surface area contributed by atoms with E-state index >= 15 is 0 Å². The van der Waals surface area contributed by atoms with Crippen LogP contribution in [0.25, 0.3) is 0 Å². The van der Waals surface area contributed by atoms with Gasteiger partial charge in [-0.2, -0.15) is 4.98 Å². The summed E-state index contributed by atoms with van der Waals surface area (Å²) in [5.74, 6) is -0.909. The Hall–Kier alpha value is -3.05. The Bertz CT molecular complexity index is 1270. The molecule has 2 aromatic carbocycles. The number of aliphatic hydroxyl groups is 1. The van der Waals surface area contributed by atoms with Gasteiger partial charge in [-0.3, -0.25) is 4.90 Å². The summed E-state index contributed by atoms with van der Waals surface area (Å²) in [7, 11) is 1.63. The van der Waals surface area contributed by atoms with E-state index in [1.165, 1.54) is 11.0 Å². The zero-order valence-electron chi connectivity index (χ0n) is 21.2. The first-order chi connectivity index (χ1) is 18.4. The molecule has 2 aliphatic heterocycles. The van der Waals surface area contributed by atoms with Crippen molar-refractivity contribution in [1.29, 1.82) is 0 Å². The van der Waals surface area contributed by atoms with Crippen molar-refractivity contribution in [1.82, 2.24) is 14.9 Å². The van der Waals surface area contributed by atoms with Crippen LogP contribution in [-0.2, 0) is 11.3 Å². The number of nitrogens with one attached hydrogen (secondary N) is 1. The van der Waals surface area contributed by atoms with Crippen LogP contribution >= 0.6 is 11.6 Å². The molecule has 0 atom stereocenters. The van der Waals surface area contributed by atoms with Crippen LogP contribution in [0.3, 0.4) is 0 Å². The Morgan fingerprint density at radius 3 is 2.63 bits per heavy atom. The molecule has 8 nitrogen and oxygen atoms in total. The van der Waals surface area contributed by atoms with Gasteiger partial charge in [-0.25, -0.2) is 13.8 Å². The van der Waals surface area contributed by atoms with E-state index in [-0.39, 0.29) is 11.8 Å². The molecule has 0 radical (unpaired) electrons. The fourth-order valence-electron chi connectivity index (χ4n) is 4.80. The zero-order valence-corrected chi connectivity index (χ0v) is 22.0. The molecule has 3 heterocycles. The van der Waals surface area contributed by atoms with E-state index in [1.807, 2.05) is 0 Å². The number of hydrogen-bond donors (Lipinski definition) is 2. The number of likely N-dealkylation sites (tertiary alicyclic amines) is 1. The van der Waals surface area contributed by atoms with E-state index in [4.69, 9.17) is 16.3 Å². The predicted octanol–water partition coefficient (Wildman–Crippen LogP) is 4.71. The molecule has 11 heteroatoms. The van der Waals surface area contributed by atoms with Crippen LogP contribution < -0.4 is 15.1 Å². The fourth-order valence-corrected chi connectivity index (χ4v) is 4.96. The lowest BCUT2D eigenvalue weighted by molar-refractivity contribution is 0.0792. The molecule has 38 heavy (non-hydrogen) atoms. The summed E-state index contributed by atoms with van der Waals surface area (Å²) in [6.07, 6.45) is 2.92. The molecule has 5 rings (SSSR count). The van der Waals surface area contributed by atoms with E-state index in [9.17, 15) is 13.9 Å². The highest BCUT2D eigenvalue weighted by Gasteiger charge is 2.20. The number of aromatic nitrogens is 2. The largest absolute Gasteiger partial charge is 0.393 e. The minimum Gasteiger partial charge on any atom is -0.393 e. The maximum absolute atomic E-state index is 14.6. The maximum Gasteiger partial charge on any atom is 0.229 e. The average Bonchev–Trinajstić information content (AvgIpc) is 2.93. The van der Waals surface area contributed by atoms with E-state index < -0.39 is 16.7 Å². The minimum atomic E-state index is -0.852. The normalized spacial score (nSPS) is 17.0. The van der Waals surface area contributed by atoms with Gasteiger partial charge in [-0.15, -0.1) is 0 Å². The number of rotatable bonds is 7. The number of morpholine rings is 1. The summed E-state index contributed by atoms with van der Waals surface area (Å²) >= 11 is 5.77. The Kier molecular flexibility index (Phi) is 8.23. The van der Waals surface area contributed by atoms with Gasteiger partial charge in [0.15, 0.2) is 5.82 Å². The first kappa shape index (κ1) is 26.6. The van der Waals surface area contributed by atoms with Gasteiger partial charge < -0.3 is 25.0 Å². The van der Waals surface area contributed by atoms with Crippen LogP contribution in [0.5, 0.6) is 0 Å². The van der Waals surface area contributed by atoms with Gasteiger partial charge in [0.25, 0.3) is 0 Å². The zero-order chi connectivity index (χ0) is 26.6. The number of anilines is 5. The van der Waals surface area contributed by atoms with Crippen molar-refractivity contribution in [2.75, 3.05) is 61.6 Å². The Morgan fingerprint density at radius 1 is 1.11 bits per heavy atom. The van der Waals surface area contributed by atoms with Crippen molar-refractivity contribution in [3.8, 4) is 0 Å². The number of nitrogens with zero attached hydrogens (tertiary/aromatic N) is 5. The van der Waals surface area contributed by atoms with Crippen LogP contribution in [0.1, 0.15) is 18.4 Å². The summed E-state index contributed by atoms with van der Waals surface area (Å²) in [6.45, 7) is 5.45. The smallest absolute Gasteiger partial charge is 0.229 e. The Labute approximate surface area is 225 Å². The fraction of sp³-hybridized carbons (Fsp3) is 0.407. The molecule has 0 unspecified atom stereocenters. The lowest BCUT2D eigenvalue weighted by atomic mass is 10.1. The van der Waals surface area contributed by atoms with Crippen molar-refractivity contribution in [3.05, 3.63) is 64.8 Å². The molecule has 2 aliphatic rings. The van der Waals surface area contributed by atoms with Crippen molar-refractivity contribution in [2.24, 2.45) is 0 Å². The molecule has 0 spiro atoms. The van der Waals surface area contributed by atoms with Crippen molar-refractivity contribution in [2.45, 2.75) is 25.5 Å². The highest BCUT2D eigenvalue weighted by Crippen LogP contribution is 2.32. The highest BCUT2D eigenvalue weighted by molar-refractivity contribution is 6.31. The van der Waals surface area contributed by atoms with Crippen LogP contribution in [-0.4, -0.2) is 72.5 Å². The molecule has 2 saturated heterocycles. The molecule has 2 N–H and O–H groups in total. The first-order valence-corrected chi connectivity index (χ1v) is 13.1. The lowest BCUT2D eigenvalue weighted by Crippen LogP contribution is -2.37. The SMILES string of the molecule is CN(c1ccnc(Nc2cc(CN3CCC(O)CC3)cc(N3CCOCC3)c2)n1)c1ccc(F)c(Cl)c1F. The van der Waals surface area contributed by atoms with Crippen molar-refractivity contribution >= 4 is 40.4 Å². The molecule has 3 aromatic rings. The standard InChI is InChI=1S/C27H31ClF2N6O2/c1-34(23-3-2-22(29)25(28)26(23)30)24-4-7-31-27(33-24)32-19-14-18(17-35-8-5-21(37)6-9-35)15-20(16-19)36-10-12-38-13-11-36/h2-4,7,14-16,21,37H,5-6,8-13,17H2,1H3,(H,31,32,33). The average molecular weight is 545 g/mol. The molecule has 0 aliphatic carbocycles. The lowest BCUT2D eigenvalue weighted by Gasteiger charge is -2.31. The van der Waals surface area contributed by atoms with Crippen molar-refractivity contribution in [3.63, 3.8) is 0 Å². The first-order valence-electron chi connectivity index (χ1n) is 12.7. The van der Waals surface area contributed by atoms with E-state index in [2.05, 4.69) is 43.3 Å². The molecule has 1 aromatic heterocycles. The van der Waals surface area contributed by atoms with Gasteiger partial charge in [0.05, 0.1) is 25.0 Å². The second kappa shape index (κ2) is 11.8. The molecule has 0 bridgehead atoms. The van der Waals surface area contributed by atoms with Crippen LogP contribution in [0.15, 0.2) is 42.6 Å². The van der Waals surface area contributed by atoms with Gasteiger partial charge in [-0.05, 0) is 54.8 Å². The van der Waals surface area contributed by atoms with Crippen LogP contribution in [0.4, 0.5) is 37.6 Å². The van der Waals surface area contributed by atoms with Crippen LogP contribution in [0.2, 0.25) is 5.02 Å². The second-order valence-electron chi connectivity index (χ2n) is 9.61. The maximum atomic E-state index is 14.6. The Balaban J connectivity index is 1.39. The Morgan fingerprint density at radius 2 is 1.87 bits per heavy atom. The second-order valence-corrected chi connectivity index (χ2v) is 9.99. The number of ether oxygens (including phenoxy) is 1. The molecular formula is C27H31ClF2N6O2. The summed E-state index contributed by atoms with van der Waals surface area (Å²) in [5, 5.41) is 12.6. The predicted molar refractivity (Wildman–Crippen MR) is 145 cm³/mol. The molecule has 202 valence electrons. The summed E-state index contributed by atoms with van der Waals surface area (Å²) in [5.41, 5.74) is 3.16. The molecule has 0 saturated carbocycles. The monoisotopic (exact) mass is 544 g/mol. The summed E-state index contributed by atoms with van der Waals surface area (Å²) < 4.78 is 33.8. The molecule has 0 amide bonds. The van der Waals surface area contributed by atoms with Crippen molar-refractivity contribution < 1.29 is 18.6 Å². The third-order valence-electron chi connectivity index (χ3n) is 6.93. The van der Waals surface area contributed by atoms with E-state index in [0.29, 0.717) is 25.0 Å². The van der Waals surface area contributed by atoms with Gasteiger partial charge in [0.1, 0.15) is 16.7 Å². The quantitative estimate of drug-likeness (QED) is 0.414. The van der Waals surface area contributed by atoms with Gasteiger partial charge in [0.2, 0.25) is 5.95 Å². The number of benzene rings is 2. The van der Waals surface area contributed by atoms with Gasteiger partial charge >= 0.3 is 0 Å². The van der Waals surface area contributed by atoms with Gasteiger partial charge in [-0.1, -0.05) is 11.6 Å². The summed E-state index contributed by atoms with van der Waals surface area (Å²) in [4.78, 5) is 15.1. The third-order valence-corrected chi connectivity index (χ3v) is 7.28.